The molecule has 2 fully saturated rings. The van der Waals surface area contributed by atoms with Crippen LogP contribution < -0.4 is 30.6 Å². The van der Waals surface area contributed by atoms with Crippen molar-refractivity contribution in [2.45, 2.75) is 96.7 Å². The second-order valence-corrected chi connectivity index (χ2v) is 31.7. The molecule has 0 unspecified atom stereocenters. The van der Waals surface area contributed by atoms with Crippen LogP contribution in [0, 0.1) is 0 Å². The van der Waals surface area contributed by atoms with Gasteiger partial charge in [-0.25, -0.2) is 19.7 Å². The van der Waals surface area contributed by atoms with Crippen molar-refractivity contribution in [1.29, 1.82) is 0 Å². The Bertz CT molecular complexity index is 5540. The number of fused-ring (bicyclic) bond motifs is 6. The van der Waals surface area contributed by atoms with Crippen molar-refractivity contribution in [3.05, 3.63) is 224 Å². The number of ether oxygens (including phenoxy) is 3. The van der Waals surface area contributed by atoms with E-state index in [0.29, 0.717) is 42.5 Å². The van der Waals surface area contributed by atoms with E-state index in [0.717, 1.165) is 166 Å². The van der Waals surface area contributed by atoms with Gasteiger partial charge in [-0.2, -0.15) is 4.79 Å². The Balaban J connectivity index is 0.000000128. The number of nitrogens with zero attached hydrogens (tertiary/aromatic N) is 5. The SMILES string of the molecule is CC(C)(C)OC(=O)N1CCC(c2nc(-c3ccc4c(c3)/C(=C/c3cc5ccccc5[nH]3)C(=O)N4)cs2)CC1.CC(C)(C)OC(=O)[n+]1ccc(-c2nc(-c3ccc4c(c3)CC(=O)N4)cs2)cc1.COc1cc2ccccc2[nH]1.Cl.O=C1Nc2ccc(-c3csc(C4CCNCC4)n3)cc2/C1=C/c1cc2ccccc2[nH]1. The molecule has 6 aromatic carbocycles. The quantitative estimate of drug-likeness (QED) is 0.0526. The van der Waals surface area contributed by atoms with Crippen molar-refractivity contribution in [2.75, 3.05) is 49.2 Å². The Morgan fingerprint density at radius 1 is 0.523 bits per heavy atom. The van der Waals surface area contributed by atoms with E-state index in [2.05, 4.69) is 77.3 Å². The highest BCUT2D eigenvalue weighted by Gasteiger charge is 2.32. The van der Waals surface area contributed by atoms with Crippen molar-refractivity contribution in [1.82, 2.24) is 40.1 Å². The van der Waals surface area contributed by atoms with Gasteiger partial charge in [-0.1, -0.05) is 77.4 Å². The summed E-state index contributed by atoms with van der Waals surface area (Å²) in [5.74, 6) is 1.53. The summed E-state index contributed by atoms with van der Waals surface area (Å²) < 4.78 is 17.3. The lowest BCUT2D eigenvalue weighted by atomic mass is 9.97. The van der Waals surface area contributed by atoms with Gasteiger partial charge in [0.15, 0.2) is 18.3 Å². The molecule has 0 bridgehead atoms. The standard InChI is InChI=1S/C30H30N4O3S.C25H22N4OS.C21H19N3O3S.C9H9NO.ClH/c1-30(2,3)37-29(36)34-12-10-18(11-13-34)28-33-26(17-38-28)20-8-9-25-22(15-20)23(27(35)32-25)16-21-14-19-6-4-5-7-24(19)31-21;30-24-20(13-18-11-16-3-1-2-4-21(16)27-18)19-12-17(5-6-22(19)28-24)23-14-31-25(29-23)15-7-9-26-10-8-15;1-21(2,3)27-20(26)24-8-6-13(7-9-24)19-23-17(12-28-19)14-4-5-16-15(10-14)11-18(25)22-16;1-11-9-6-7-4-2-3-5-8(7)10-9;/h4-9,14-18,31H,10-13H2,1-3H3,(H,32,35);1-6,11-15,26-27H,7-10H2,(H,28,30);4-10,12H,11H2,1-3H3;2-6,10H,1H3;1H/p+1/b23-16-;20-13-;;;. The molecule has 0 saturated carbocycles. The van der Waals surface area contributed by atoms with Crippen molar-refractivity contribution < 1.29 is 42.8 Å². The summed E-state index contributed by atoms with van der Waals surface area (Å²) in [5, 5.41) is 25.1. The van der Waals surface area contributed by atoms with Crippen LogP contribution in [-0.2, 0) is 30.3 Å². The van der Waals surface area contributed by atoms with E-state index in [1.807, 2.05) is 186 Å². The van der Waals surface area contributed by atoms with E-state index in [1.54, 1.807) is 47.1 Å². The van der Waals surface area contributed by atoms with Crippen LogP contribution in [-0.4, -0.2) is 109 Å². The van der Waals surface area contributed by atoms with Crippen LogP contribution in [0.5, 0.6) is 5.88 Å². The highest BCUT2D eigenvalue weighted by molar-refractivity contribution is 7.13. The van der Waals surface area contributed by atoms with Gasteiger partial charge >= 0.3 is 12.2 Å². The van der Waals surface area contributed by atoms with Gasteiger partial charge in [0.25, 0.3) is 11.8 Å². The summed E-state index contributed by atoms with van der Waals surface area (Å²) in [7, 11) is 1.66. The van der Waals surface area contributed by atoms with Gasteiger partial charge in [0, 0.05) is 143 Å². The number of halogens is 1. The third kappa shape index (κ3) is 17.3. The highest BCUT2D eigenvalue weighted by Crippen LogP contribution is 2.42. The summed E-state index contributed by atoms with van der Waals surface area (Å²) in [6.07, 6.45) is 11.0. The summed E-state index contributed by atoms with van der Waals surface area (Å²) in [6.45, 7) is 14.6. The Morgan fingerprint density at radius 2 is 1.00 bits per heavy atom. The number of hydrogen-bond donors (Lipinski definition) is 7. The van der Waals surface area contributed by atoms with Gasteiger partial charge < -0.3 is 55.3 Å². The molecule has 2 saturated heterocycles. The number of hydrogen-bond acceptors (Lipinski definition) is 15. The summed E-state index contributed by atoms with van der Waals surface area (Å²) >= 11 is 4.95. The molecular weight excluding hydrogens is 1450 g/mol. The third-order valence-electron chi connectivity index (χ3n) is 19.1. The van der Waals surface area contributed by atoms with Crippen LogP contribution in [0.1, 0.15) is 117 Å². The first-order valence-corrected chi connectivity index (χ1v) is 38.7. The molecule has 5 aliphatic heterocycles. The number of para-hydroxylation sites is 3. The van der Waals surface area contributed by atoms with Gasteiger partial charge in [-0.3, -0.25) is 14.4 Å². The van der Waals surface area contributed by atoms with E-state index < -0.39 is 17.3 Å². The molecule has 0 radical (unpaired) electrons. The van der Waals surface area contributed by atoms with Crippen molar-refractivity contribution >= 4 is 149 Å². The number of aromatic nitrogens is 7. The first-order valence-electron chi connectivity index (χ1n) is 36.0. The van der Waals surface area contributed by atoms with Gasteiger partial charge in [0.1, 0.15) is 16.2 Å². The summed E-state index contributed by atoms with van der Waals surface area (Å²) in [5.41, 5.74) is 17.4. The van der Waals surface area contributed by atoms with Crippen LogP contribution in [0.3, 0.4) is 0 Å². The van der Waals surface area contributed by atoms with E-state index in [9.17, 15) is 24.0 Å². The highest BCUT2D eigenvalue weighted by atomic mass is 35.5. The Hall–Kier alpha value is -11.3. The Morgan fingerprint density at radius 3 is 1.51 bits per heavy atom. The predicted molar refractivity (Wildman–Crippen MR) is 439 cm³/mol. The topological polar surface area (TPSA) is 254 Å². The number of nitrogens with one attached hydrogen (secondary N) is 7. The van der Waals surface area contributed by atoms with Crippen LogP contribution in [0.25, 0.3) is 100 Å². The number of anilines is 3. The van der Waals surface area contributed by atoms with Crippen LogP contribution >= 0.6 is 46.4 Å². The second kappa shape index (κ2) is 31.8. The minimum absolute atomic E-state index is 0. The van der Waals surface area contributed by atoms with Crippen molar-refractivity contribution in [3.8, 4) is 50.2 Å². The zero-order chi connectivity index (χ0) is 74.8. The number of methoxy groups -OCH3 is 1. The van der Waals surface area contributed by atoms with Crippen LogP contribution in [0.2, 0.25) is 0 Å². The van der Waals surface area contributed by atoms with Crippen LogP contribution in [0.4, 0.5) is 26.7 Å². The van der Waals surface area contributed by atoms with Gasteiger partial charge in [-0.15, -0.1) is 46.4 Å². The number of carbonyl (C=O) groups is 5. The molecule has 4 amide bonds. The molecule has 13 aromatic rings. The number of pyridine rings is 1. The molecule has 554 valence electrons. The number of H-pyrrole nitrogens is 3. The monoisotopic (exact) mass is 1530 g/mol. The number of carbonyl (C=O) groups excluding carboxylic acids is 5. The molecular formula is C85H82ClN12O8S3+. The minimum Gasteiger partial charge on any atom is -0.482 e. The lowest BCUT2D eigenvalue weighted by Gasteiger charge is -2.32. The number of rotatable bonds is 9. The fraction of sp³-hybridized carbons (Fsp3) is 0.235. The summed E-state index contributed by atoms with van der Waals surface area (Å²) in [6, 6.07) is 52.1. The average molecular weight is 1530 g/mol. The molecule has 5 aliphatic rings. The number of thiazole rings is 3. The third-order valence-corrected chi connectivity index (χ3v) is 22.0. The largest absolute Gasteiger partial charge is 0.602 e. The fourth-order valence-electron chi connectivity index (χ4n) is 13.6. The number of benzene rings is 6. The molecule has 18 rings (SSSR count). The molecule has 24 heteroatoms. The maximum Gasteiger partial charge on any atom is 0.602 e. The molecule has 0 aliphatic carbocycles. The van der Waals surface area contributed by atoms with Gasteiger partial charge in [0.2, 0.25) is 5.91 Å². The molecule has 0 spiro atoms. The lowest BCUT2D eigenvalue weighted by molar-refractivity contribution is -0.588. The molecule has 7 N–H and O–H groups in total. The number of aromatic amines is 3. The van der Waals surface area contributed by atoms with Crippen molar-refractivity contribution in [2.24, 2.45) is 0 Å². The van der Waals surface area contributed by atoms with E-state index in [1.165, 1.54) is 26.3 Å². The van der Waals surface area contributed by atoms with E-state index >= 15 is 0 Å². The number of likely N-dealkylation sites (tertiary alicyclic amines) is 1. The Kier molecular flexibility index (Phi) is 21.8. The zero-order valence-corrected chi connectivity index (χ0v) is 64.5. The molecule has 20 nitrogen and oxygen atoms in total. The fourth-order valence-corrected chi connectivity index (χ4v) is 16.5. The van der Waals surface area contributed by atoms with Gasteiger partial charge in [-0.05, 0) is 176 Å². The number of piperidine rings is 2. The molecule has 12 heterocycles. The predicted octanol–water partition coefficient (Wildman–Crippen LogP) is 18.8. The first kappa shape index (κ1) is 74.5. The maximum absolute atomic E-state index is 12.8. The molecule has 109 heavy (non-hydrogen) atoms. The lowest BCUT2D eigenvalue weighted by Crippen LogP contribution is -2.45. The zero-order valence-electron chi connectivity index (χ0n) is 61.2. The maximum atomic E-state index is 12.8. The Labute approximate surface area is 648 Å². The van der Waals surface area contributed by atoms with Crippen molar-refractivity contribution in [3.63, 3.8) is 0 Å². The van der Waals surface area contributed by atoms with E-state index in [-0.39, 0.29) is 36.2 Å². The molecule has 0 atom stereocenters. The second-order valence-electron chi connectivity index (χ2n) is 29.1. The minimum atomic E-state index is -0.539. The summed E-state index contributed by atoms with van der Waals surface area (Å²) in [4.78, 5) is 87.9. The first-order chi connectivity index (χ1) is 52.2. The normalized spacial score (nSPS) is 15.5. The smallest absolute Gasteiger partial charge is 0.482 e. The van der Waals surface area contributed by atoms with Gasteiger partial charge in [0.05, 0.1) is 51.8 Å². The average Bonchev–Trinajstić information content (AvgIpc) is 1.64. The van der Waals surface area contributed by atoms with Crippen LogP contribution in [0.15, 0.2) is 186 Å². The molecule has 7 aromatic heterocycles. The van der Waals surface area contributed by atoms with E-state index in [4.69, 9.17) is 29.2 Å². The number of amides is 4.